The molecule has 0 radical (unpaired) electrons. The summed E-state index contributed by atoms with van der Waals surface area (Å²) in [5.74, 6) is 1.33. The van der Waals surface area contributed by atoms with E-state index in [2.05, 4.69) is 25.3 Å². The number of nitrogens with two attached hydrogens (primary N) is 1. The smallest absolute Gasteiger partial charge is 0.264 e. The van der Waals surface area contributed by atoms with Gasteiger partial charge >= 0.3 is 0 Å². The fraction of sp³-hybridized carbons (Fsp3) is 0.364. The number of carbonyl (C=O) groups excluding carboxylic acids is 2. The van der Waals surface area contributed by atoms with Crippen molar-refractivity contribution in [1.29, 1.82) is 0 Å². The van der Waals surface area contributed by atoms with E-state index in [0.717, 1.165) is 37.1 Å². The predicted octanol–water partition coefficient (Wildman–Crippen LogP) is 4.03. The third-order valence-electron chi connectivity index (χ3n) is 8.50. The third kappa shape index (κ3) is 6.60. The molecule has 2 aliphatic rings. The van der Waals surface area contributed by atoms with Crippen LogP contribution < -0.4 is 20.5 Å². The van der Waals surface area contributed by atoms with Crippen molar-refractivity contribution in [2.75, 3.05) is 46.1 Å². The minimum Gasteiger partial charge on any atom is -0.496 e. The van der Waals surface area contributed by atoms with Crippen molar-refractivity contribution in [2.24, 2.45) is 0 Å². The highest BCUT2D eigenvalue weighted by Crippen LogP contribution is 2.31. The summed E-state index contributed by atoms with van der Waals surface area (Å²) in [6, 6.07) is 14.9. The van der Waals surface area contributed by atoms with Gasteiger partial charge in [0.25, 0.3) is 17.7 Å². The average molecular weight is 612 g/mol. The summed E-state index contributed by atoms with van der Waals surface area (Å²) >= 11 is 0. The molecule has 2 aliphatic heterocycles. The number of amides is 2. The number of nitrogens with one attached hydrogen (secondary N) is 1. The van der Waals surface area contributed by atoms with Crippen molar-refractivity contribution < 1.29 is 23.6 Å². The third-order valence-corrected chi connectivity index (χ3v) is 8.50. The first-order valence-corrected chi connectivity index (χ1v) is 15.2. The topological polar surface area (TPSA) is 149 Å². The van der Waals surface area contributed by atoms with Crippen LogP contribution in [0, 0.1) is 0 Å². The van der Waals surface area contributed by atoms with E-state index in [4.69, 9.17) is 19.7 Å². The number of carbonyl (C=O) groups is 2. The number of anilines is 1. The second kappa shape index (κ2) is 13.3. The Labute approximate surface area is 261 Å². The summed E-state index contributed by atoms with van der Waals surface area (Å²) in [4.78, 5) is 38.6. The van der Waals surface area contributed by atoms with Crippen LogP contribution in [0.15, 0.2) is 59.3 Å². The summed E-state index contributed by atoms with van der Waals surface area (Å²) in [5, 5.41) is 6.63. The number of likely N-dealkylation sites (tertiary alicyclic amines) is 2. The van der Waals surface area contributed by atoms with E-state index in [1.54, 1.807) is 37.5 Å². The molecule has 45 heavy (non-hydrogen) atoms. The Hall–Kier alpha value is -4.97. The number of rotatable bonds is 9. The van der Waals surface area contributed by atoms with Crippen molar-refractivity contribution in [3.8, 4) is 34.0 Å². The highest BCUT2D eigenvalue weighted by Gasteiger charge is 2.28. The van der Waals surface area contributed by atoms with Crippen LogP contribution >= 0.6 is 0 Å². The molecule has 2 amide bonds. The van der Waals surface area contributed by atoms with E-state index in [-0.39, 0.29) is 36.0 Å². The number of nitrogen functional groups attached to an aromatic ring is 1. The van der Waals surface area contributed by atoms with Crippen LogP contribution in [0.5, 0.6) is 11.5 Å². The molecule has 2 saturated heterocycles. The van der Waals surface area contributed by atoms with Crippen molar-refractivity contribution >= 4 is 17.6 Å². The van der Waals surface area contributed by atoms with E-state index in [9.17, 15) is 9.59 Å². The first-order valence-electron chi connectivity index (χ1n) is 15.2. The second-order valence-electron chi connectivity index (χ2n) is 11.2. The van der Waals surface area contributed by atoms with Gasteiger partial charge < -0.3 is 34.8 Å². The zero-order valence-corrected chi connectivity index (χ0v) is 25.5. The summed E-state index contributed by atoms with van der Waals surface area (Å²) < 4.78 is 16.7. The number of ether oxygens (including phenoxy) is 2. The van der Waals surface area contributed by atoms with Gasteiger partial charge in [-0.1, -0.05) is 17.3 Å². The van der Waals surface area contributed by atoms with Crippen LogP contribution in [0.1, 0.15) is 52.3 Å². The lowest BCUT2D eigenvalue weighted by Crippen LogP contribution is -2.45. The largest absolute Gasteiger partial charge is 0.496 e. The summed E-state index contributed by atoms with van der Waals surface area (Å²) in [5.41, 5.74) is 9.37. The van der Waals surface area contributed by atoms with Gasteiger partial charge in [-0.15, -0.1) is 0 Å². The van der Waals surface area contributed by atoms with Crippen LogP contribution in [0.2, 0.25) is 0 Å². The maximum atomic E-state index is 13.2. The van der Waals surface area contributed by atoms with Gasteiger partial charge in [0.1, 0.15) is 5.75 Å². The van der Waals surface area contributed by atoms with Crippen LogP contribution in [-0.4, -0.2) is 83.1 Å². The maximum absolute atomic E-state index is 13.2. The molecule has 234 valence electrons. The maximum Gasteiger partial charge on any atom is 0.264 e. The Kier molecular flexibility index (Phi) is 8.92. The van der Waals surface area contributed by atoms with E-state index < -0.39 is 0 Å². The molecule has 0 saturated carbocycles. The Morgan fingerprint density at radius 1 is 0.978 bits per heavy atom. The second-order valence-corrected chi connectivity index (χ2v) is 11.2. The molecule has 2 aromatic heterocycles. The Balaban J connectivity index is 1.09. The van der Waals surface area contributed by atoms with Crippen LogP contribution in [0.3, 0.4) is 0 Å². The van der Waals surface area contributed by atoms with Gasteiger partial charge in [0.15, 0.2) is 18.2 Å². The number of nitrogens with zero attached hydrogens (tertiary/aromatic N) is 5. The fourth-order valence-electron chi connectivity index (χ4n) is 5.99. The highest BCUT2D eigenvalue weighted by atomic mass is 16.5. The molecule has 4 aromatic rings. The SMILES string of the molecule is CNC(=O)c1ccc(OC)c(-c2noc(COc3cc(-c4ccc(C(=O)N5CCC(N6CCCC6)CC5)cc4)cnc3N)n2)c1. The summed E-state index contributed by atoms with van der Waals surface area (Å²) in [6.07, 6.45) is 6.31. The zero-order valence-electron chi connectivity index (χ0n) is 25.5. The van der Waals surface area contributed by atoms with Gasteiger partial charge in [-0.2, -0.15) is 4.98 Å². The molecule has 3 N–H and O–H groups in total. The number of benzene rings is 2. The number of hydrogen-bond donors (Lipinski definition) is 2. The molecule has 0 aliphatic carbocycles. The minimum absolute atomic E-state index is 0.0539. The average Bonchev–Trinajstić information content (AvgIpc) is 3.80. The zero-order chi connectivity index (χ0) is 31.3. The van der Waals surface area contributed by atoms with E-state index in [0.29, 0.717) is 34.2 Å². The molecular formula is C33H37N7O5. The predicted molar refractivity (Wildman–Crippen MR) is 168 cm³/mol. The minimum atomic E-state index is -0.247. The van der Waals surface area contributed by atoms with Gasteiger partial charge in [-0.3, -0.25) is 9.59 Å². The molecule has 12 heteroatoms. The monoisotopic (exact) mass is 611 g/mol. The first kappa shape index (κ1) is 30.1. The number of pyridine rings is 1. The molecule has 2 aromatic carbocycles. The first-order chi connectivity index (χ1) is 21.9. The lowest BCUT2D eigenvalue weighted by atomic mass is 10.0. The molecule has 0 atom stereocenters. The molecule has 0 bridgehead atoms. The molecule has 12 nitrogen and oxygen atoms in total. The standard InChI is InChI=1S/C33H37N7O5/c1-35-32(41)23-9-10-27(43-2)26(17-23)31-37-29(45-38-31)20-44-28-18-24(19-36-30(28)34)21-5-7-22(8-6-21)33(42)40-15-11-25(12-16-40)39-13-3-4-14-39/h5-10,17-19,25H,3-4,11-16,20H2,1-2H3,(H2,34,36)(H,35,41). The highest BCUT2D eigenvalue weighted by molar-refractivity contribution is 5.96. The lowest BCUT2D eigenvalue weighted by Gasteiger charge is -2.36. The normalized spacial score (nSPS) is 15.6. The number of methoxy groups -OCH3 is 1. The number of aromatic nitrogens is 3. The van der Waals surface area contributed by atoms with Crippen LogP contribution in [0.4, 0.5) is 5.82 Å². The fourth-order valence-corrected chi connectivity index (χ4v) is 5.99. The molecular weight excluding hydrogens is 574 g/mol. The summed E-state index contributed by atoms with van der Waals surface area (Å²) in [6.45, 7) is 3.92. The Morgan fingerprint density at radius 3 is 2.42 bits per heavy atom. The van der Waals surface area contributed by atoms with Gasteiger partial charge in [0.2, 0.25) is 5.82 Å². The molecule has 2 fully saturated rings. The molecule has 6 rings (SSSR count). The van der Waals surface area contributed by atoms with Crippen molar-refractivity contribution in [1.82, 2.24) is 30.2 Å². The van der Waals surface area contributed by atoms with E-state index in [1.165, 1.54) is 33.0 Å². The number of hydrogen-bond acceptors (Lipinski definition) is 10. The van der Waals surface area contributed by atoms with Crippen LogP contribution in [-0.2, 0) is 6.61 Å². The quantitative estimate of drug-likeness (QED) is 0.284. The Morgan fingerprint density at radius 2 is 1.71 bits per heavy atom. The Bertz CT molecular complexity index is 1660. The van der Waals surface area contributed by atoms with Gasteiger partial charge in [0.05, 0.1) is 12.7 Å². The molecule has 0 spiro atoms. The van der Waals surface area contributed by atoms with Gasteiger partial charge in [0, 0.05) is 49.1 Å². The van der Waals surface area contributed by atoms with Crippen LogP contribution in [0.25, 0.3) is 22.5 Å². The van der Waals surface area contributed by atoms with E-state index in [1.807, 2.05) is 29.2 Å². The van der Waals surface area contributed by atoms with Crippen molar-refractivity contribution in [2.45, 2.75) is 38.3 Å². The number of piperidine rings is 1. The molecule has 0 unspecified atom stereocenters. The lowest BCUT2D eigenvalue weighted by molar-refractivity contribution is 0.0644. The van der Waals surface area contributed by atoms with Gasteiger partial charge in [-0.05, 0) is 80.7 Å². The van der Waals surface area contributed by atoms with Crippen molar-refractivity contribution in [3.05, 3.63) is 71.7 Å². The van der Waals surface area contributed by atoms with Gasteiger partial charge in [-0.25, -0.2) is 4.98 Å². The summed E-state index contributed by atoms with van der Waals surface area (Å²) in [7, 11) is 3.08. The van der Waals surface area contributed by atoms with E-state index >= 15 is 0 Å². The van der Waals surface area contributed by atoms with Crippen molar-refractivity contribution in [3.63, 3.8) is 0 Å². The molecule has 4 heterocycles.